The van der Waals surface area contributed by atoms with E-state index in [4.69, 9.17) is 15.1 Å². The van der Waals surface area contributed by atoms with Gasteiger partial charge in [0, 0.05) is 17.6 Å². The van der Waals surface area contributed by atoms with Crippen LogP contribution in [0.2, 0.25) is 0 Å². The first-order chi connectivity index (χ1) is 12.9. The van der Waals surface area contributed by atoms with E-state index in [1.165, 1.54) is 18.1 Å². The van der Waals surface area contributed by atoms with Crippen LogP contribution in [0.4, 0.5) is 16.2 Å². The number of allylic oxidation sites excluding steroid dienone is 2. The molecular formula is C17H23BN4O4S. The molecule has 10 heteroatoms. The Morgan fingerprint density at radius 3 is 3.04 bits per heavy atom. The monoisotopic (exact) mass is 390 g/mol. The highest BCUT2D eigenvalue weighted by molar-refractivity contribution is 7.97. The number of nitrogen functional groups attached to an aromatic ring is 1. The lowest BCUT2D eigenvalue weighted by Crippen LogP contribution is -2.16. The minimum absolute atomic E-state index is 0.296. The Bertz CT molecular complexity index is 769. The molecule has 0 atom stereocenters. The van der Waals surface area contributed by atoms with E-state index in [9.17, 15) is 9.82 Å². The molecule has 1 saturated heterocycles. The molecule has 2 rings (SSSR count). The zero-order valence-electron chi connectivity index (χ0n) is 15.3. The number of carbonyl (C=O) groups excluding carboxylic acids is 1. The third-order valence-corrected chi connectivity index (χ3v) is 4.38. The van der Waals surface area contributed by atoms with E-state index in [1.807, 2.05) is 19.9 Å². The largest absolute Gasteiger partial charge is 0.491 e. The summed E-state index contributed by atoms with van der Waals surface area (Å²) < 4.78 is 13.3. The predicted octanol–water partition coefficient (Wildman–Crippen LogP) is 2.66. The molecule has 0 unspecified atom stereocenters. The van der Waals surface area contributed by atoms with Crippen molar-refractivity contribution in [3.63, 3.8) is 0 Å². The molecule has 0 radical (unpaired) electrons. The summed E-state index contributed by atoms with van der Waals surface area (Å²) in [6.07, 6.45) is 5.25. The Balaban J connectivity index is 2.09. The number of nitrogens with two attached hydrogens (primary N) is 1. The van der Waals surface area contributed by atoms with Gasteiger partial charge in [0.15, 0.2) is 0 Å². The lowest BCUT2D eigenvalue weighted by Gasteiger charge is -2.12. The van der Waals surface area contributed by atoms with Gasteiger partial charge in [-0.05, 0) is 36.5 Å². The summed E-state index contributed by atoms with van der Waals surface area (Å²) in [5.74, 6) is 0. The molecule has 0 spiro atoms. The molecule has 2 heterocycles. The molecule has 1 aromatic heterocycles. The van der Waals surface area contributed by atoms with Gasteiger partial charge in [-0.15, -0.1) is 0 Å². The molecule has 27 heavy (non-hydrogen) atoms. The van der Waals surface area contributed by atoms with E-state index in [2.05, 4.69) is 21.6 Å². The van der Waals surface area contributed by atoms with Crippen LogP contribution in [0.25, 0.3) is 0 Å². The van der Waals surface area contributed by atoms with Crippen LogP contribution < -0.4 is 15.8 Å². The Kier molecular flexibility index (Phi) is 7.77. The Morgan fingerprint density at radius 1 is 1.63 bits per heavy atom. The molecule has 0 bridgehead atoms. The van der Waals surface area contributed by atoms with Crippen LogP contribution in [0.1, 0.15) is 20.3 Å². The SMILES string of the molecule is C=C1COB(O)/C1=C/C(=C\C)NSc1ncc(N)cc1NC(=O)OCCC. The second-order valence-corrected chi connectivity index (χ2v) is 6.49. The zero-order chi connectivity index (χ0) is 19.8. The summed E-state index contributed by atoms with van der Waals surface area (Å²) in [5.41, 5.74) is 8.68. The average molecular weight is 390 g/mol. The van der Waals surface area contributed by atoms with Crippen LogP contribution >= 0.6 is 11.9 Å². The molecule has 1 aromatic rings. The fourth-order valence-corrected chi connectivity index (χ4v) is 2.84. The number of carbonyl (C=O) groups is 1. The number of ether oxygens (including phenoxy) is 1. The van der Waals surface area contributed by atoms with Gasteiger partial charge in [-0.2, -0.15) is 0 Å². The number of rotatable bonds is 7. The lowest BCUT2D eigenvalue weighted by molar-refractivity contribution is 0.161. The molecular weight excluding hydrogens is 367 g/mol. The molecule has 5 N–H and O–H groups in total. The third-order valence-electron chi connectivity index (χ3n) is 3.52. The van der Waals surface area contributed by atoms with Crippen molar-refractivity contribution in [1.82, 2.24) is 9.71 Å². The molecule has 1 amide bonds. The lowest BCUT2D eigenvalue weighted by atomic mass is 9.77. The minimum atomic E-state index is -0.987. The van der Waals surface area contributed by atoms with Gasteiger partial charge in [-0.25, -0.2) is 9.78 Å². The molecule has 1 aliphatic rings. The number of nitrogens with one attached hydrogen (secondary N) is 2. The van der Waals surface area contributed by atoms with Crippen molar-refractivity contribution in [3.8, 4) is 0 Å². The first kappa shape index (κ1) is 20.9. The Hall–Kier alpha value is -2.43. The average Bonchev–Trinajstić information content (AvgIpc) is 2.96. The van der Waals surface area contributed by atoms with Crippen LogP contribution in [0, 0.1) is 0 Å². The van der Waals surface area contributed by atoms with E-state index in [0.717, 1.165) is 17.7 Å². The summed E-state index contributed by atoms with van der Waals surface area (Å²) in [6, 6.07) is 1.61. The van der Waals surface area contributed by atoms with E-state index >= 15 is 0 Å². The number of nitrogens with zero attached hydrogens (tertiary/aromatic N) is 1. The third kappa shape index (κ3) is 6.05. The van der Waals surface area contributed by atoms with Gasteiger partial charge in [0.1, 0.15) is 5.03 Å². The van der Waals surface area contributed by atoms with Gasteiger partial charge in [0.05, 0.1) is 30.8 Å². The van der Waals surface area contributed by atoms with Crippen LogP contribution in [-0.4, -0.2) is 36.4 Å². The van der Waals surface area contributed by atoms with Gasteiger partial charge in [0.2, 0.25) is 0 Å². The highest BCUT2D eigenvalue weighted by Gasteiger charge is 2.29. The predicted molar refractivity (Wildman–Crippen MR) is 108 cm³/mol. The first-order valence-electron chi connectivity index (χ1n) is 8.42. The van der Waals surface area contributed by atoms with Gasteiger partial charge in [-0.1, -0.05) is 19.6 Å². The second-order valence-electron chi connectivity index (χ2n) is 5.70. The first-order valence-corrected chi connectivity index (χ1v) is 9.24. The number of hydrogen-bond acceptors (Lipinski definition) is 8. The van der Waals surface area contributed by atoms with Crippen molar-refractivity contribution in [2.24, 2.45) is 0 Å². The topological polar surface area (TPSA) is 119 Å². The Labute approximate surface area is 163 Å². The standard InChI is InChI=1S/C17H23BN4O4S/c1-4-6-25-17(23)21-15-7-12(19)9-20-16(15)27-22-13(5-2)8-14-11(3)10-26-18(14)24/h5,7-9,22,24H,3-4,6,10,19H2,1-2H3,(H,21,23)/b13-5+,14-8+. The fraction of sp³-hybridized carbons (Fsp3) is 0.294. The van der Waals surface area contributed by atoms with Gasteiger partial charge in [-0.3, -0.25) is 5.32 Å². The molecule has 8 nitrogen and oxygen atoms in total. The Morgan fingerprint density at radius 2 is 2.41 bits per heavy atom. The summed E-state index contributed by atoms with van der Waals surface area (Å²) in [4.78, 5) is 16.1. The maximum Gasteiger partial charge on any atom is 0.491 e. The van der Waals surface area contributed by atoms with Crippen molar-refractivity contribution < 1.29 is 19.2 Å². The van der Waals surface area contributed by atoms with Crippen LogP contribution in [0.5, 0.6) is 0 Å². The normalized spacial score (nSPS) is 16.0. The summed E-state index contributed by atoms with van der Waals surface area (Å²) >= 11 is 1.19. The summed E-state index contributed by atoms with van der Waals surface area (Å²) in [5, 5.41) is 13.0. The maximum absolute atomic E-state index is 11.8. The quantitative estimate of drug-likeness (QED) is 0.415. The van der Waals surface area contributed by atoms with Crippen molar-refractivity contribution in [3.05, 3.63) is 47.7 Å². The van der Waals surface area contributed by atoms with Gasteiger partial charge >= 0.3 is 13.2 Å². The number of hydrogen-bond donors (Lipinski definition) is 4. The van der Waals surface area contributed by atoms with E-state index in [-0.39, 0.29) is 0 Å². The van der Waals surface area contributed by atoms with Gasteiger partial charge in [0.25, 0.3) is 0 Å². The van der Waals surface area contributed by atoms with Crippen LogP contribution in [0.3, 0.4) is 0 Å². The van der Waals surface area contributed by atoms with E-state index in [1.54, 1.807) is 12.1 Å². The molecule has 1 aliphatic heterocycles. The number of pyridine rings is 1. The second kappa shape index (κ2) is 10.1. The zero-order valence-corrected chi connectivity index (χ0v) is 16.1. The summed E-state index contributed by atoms with van der Waals surface area (Å²) in [6.45, 7) is 8.25. The molecule has 1 fully saturated rings. The fourth-order valence-electron chi connectivity index (χ4n) is 2.13. The van der Waals surface area contributed by atoms with Crippen LogP contribution in [-0.2, 0) is 9.39 Å². The van der Waals surface area contributed by atoms with Gasteiger partial charge < -0.3 is 24.9 Å². The van der Waals surface area contributed by atoms with Crippen molar-refractivity contribution >= 4 is 36.5 Å². The number of amides is 1. The van der Waals surface area contributed by atoms with E-state index in [0.29, 0.717) is 35.1 Å². The smallest absolute Gasteiger partial charge is 0.449 e. The molecule has 0 aliphatic carbocycles. The molecule has 144 valence electrons. The minimum Gasteiger partial charge on any atom is -0.449 e. The number of anilines is 2. The van der Waals surface area contributed by atoms with Crippen LogP contribution in [0.15, 0.2) is 52.8 Å². The maximum atomic E-state index is 11.8. The number of aromatic nitrogens is 1. The highest BCUT2D eigenvalue weighted by Crippen LogP contribution is 2.27. The van der Waals surface area contributed by atoms with E-state index < -0.39 is 13.2 Å². The van der Waals surface area contributed by atoms with Crippen molar-refractivity contribution in [2.75, 3.05) is 24.3 Å². The molecule has 0 aromatic carbocycles. The van der Waals surface area contributed by atoms with Crippen molar-refractivity contribution in [2.45, 2.75) is 25.3 Å². The highest BCUT2D eigenvalue weighted by atomic mass is 32.2. The summed E-state index contributed by atoms with van der Waals surface area (Å²) in [7, 11) is -0.987. The molecule has 0 saturated carbocycles. The van der Waals surface area contributed by atoms with Crippen molar-refractivity contribution in [1.29, 1.82) is 0 Å².